The molecule has 1 saturated carbocycles. The standard InChI is InChI=1S/C16H25ClN2/c1-12(2)18-10-14-15(17)8-5-9-16(14)19(3)11-13-6-4-7-13/h5,8-9,12-13,18H,4,6-7,10-11H2,1-3H3. The van der Waals surface area contributed by atoms with Crippen LogP contribution in [0.4, 0.5) is 5.69 Å². The second-order valence-electron chi connectivity index (χ2n) is 5.95. The van der Waals surface area contributed by atoms with Crippen molar-refractivity contribution in [2.45, 2.75) is 45.7 Å². The highest BCUT2D eigenvalue weighted by Gasteiger charge is 2.20. The average molecular weight is 281 g/mol. The van der Waals surface area contributed by atoms with Gasteiger partial charge in [0.1, 0.15) is 0 Å². The Bertz CT molecular complexity index is 413. The summed E-state index contributed by atoms with van der Waals surface area (Å²) >= 11 is 6.37. The molecule has 0 saturated heterocycles. The molecule has 3 heteroatoms. The molecule has 2 rings (SSSR count). The fraction of sp³-hybridized carbons (Fsp3) is 0.625. The number of anilines is 1. The lowest BCUT2D eigenvalue weighted by Crippen LogP contribution is -2.31. The first-order valence-corrected chi connectivity index (χ1v) is 7.67. The Morgan fingerprint density at radius 2 is 2.11 bits per heavy atom. The van der Waals surface area contributed by atoms with Crippen molar-refractivity contribution in [1.29, 1.82) is 0 Å². The maximum atomic E-state index is 6.37. The van der Waals surface area contributed by atoms with Crippen molar-refractivity contribution in [3.63, 3.8) is 0 Å². The second-order valence-corrected chi connectivity index (χ2v) is 6.36. The van der Waals surface area contributed by atoms with Gasteiger partial charge in [-0.25, -0.2) is 0 Å². The molecule has 0 atom stereocenters. The van der Waals surface area contributed by atoms with E-state index < -0.39 is 0 Å². The average Bonchev–Trinajstić information content (AvgIpc) is 2.31. The van der Waals surface area contributed by atoms with E-state index in [9.17, 15) is 0 Å². The van der Waals surface area contributed by atoms with Gasteiger partial charge in [-0.15, -0.1) is 0 Å². The number of hydrogen-bond donors (Lipinski definition) is 1. The van der Waals surface area contributed by atoms with Crippen molar-refractivity contribution in [1.82, 2.24) is 5.32 Å². The number of nitrogens with zero attached hydrogens (tertiary/aromatic N) is 1. The van der Waals surface area contributed by atoms with Gasteiger partial charge in [0.2, 0.25) is 0 Å². The minimum absolute atomic E-state index is 0.473. The van der Waals surface area contributed by atoms with Gasteiger partial charge in [-0.3, -0.25) is 0 Å². The van der Waals surface area contributed by atoms with Crippen LogP contribution in [-0.2, 0) is 6.54 Å². The molecule has 0 amide bonds. The number of nitrogens with one attached hydrogen (secondary N) is 1. The molecule has 1 aromatic rings. The fourth-order valence-electron chi connectivity index (χ4n) is 2.55. The third-order valence-corrected chi connectivity index (χ3v) is 4.30. The maximum absolute atomic E-state index is 6.37. The minimum atomic E-state index is 0.473. The Kier molecular flexibility index (Phi) is 5.12. The summed E-state index contributed by atoms with van der Waals surface area (Å²) in [5, 5.41) is 4.33. The molecule has 1 aromatic carbocycles. The van der Waals surface area contributed by atoms with Crippen molar-refractivity contribution in [2.24, 2.45) is 5.92 Å². The molecule has 19 heavy (non-hydrogen) atoms. The lowest BCUT2D eigenvalue weighted by molar-refractivity contribution is 0.321. The Balaban J connectivity index is 2.10. The molecule has 106 valence electrons. The summed E-state index contributed by atoms with van der Waals surface area (Å²) in [5.41, 5.74) is 2.49. The van der Waals surface area contributed by atoms with Gasteiger partial charge < -0.3 is 10.2 Å². The van der Waals surface area contributed by atoms with Gasteiger partial charge in [0, 0.05) is 42.5 Å². The number of halogens is 1. The Hall–Kier alpha value is -0.730. The van der Waals surface area contributed by atoms with Crippen LogP contribution in [0.25, 0.3) is 0 Å². The molecule has 1 aliphatic carbocycles. The summed E-state index contributed by atoms with van der Waals surface area (Å²) in [6, 6.07) is 6.69. The molecule has 0 radical (unpaired) electrons. The monoisotopic (exact) mass is 280 g/mol. The largest absolute Gasteiger partial charge is 0.374 e. The number of hydrogen-bond acceptors (Lipinski definition) is 2. The van der Waals surface area contributed by atoms with Gasteiger partial charge in [0.25, 0.3) is 0 Å². The summed E-state index contributed by atoms with van der Waals surface area (Å²) in [4.78, 5) is 2.37. The third-order valence-electron chi connectivity index (χ3n) is 3.95. The molecular weight excluding hydrogens is 256 g/mol. The quantitative estimate of drug-likeness (QED) is 0.845. The SMILES string of the molecule is CC(C)NCc1c(Cl)cccc1N(C)CC1CCC1. The van der Waals surface area contributed by atoms with E-state index in [2.05, 4.69) is 37.2 Å². The molecule has 0 spiro atoms. The van der Waals surface area contributed by atoms with Gasteiger partial charge in [-0.05, 0) is 30.9 Å². The third kappa shape index (κ3) is 3.87. The normalized spacial score (nSPS) is 15.6. The van der Waals surface area contributed by atoms with E-state index in [0.717, 1.165) is 24.0 Å². The molecule has 1 aliphatic rings. The Morgan fingerprint density at radius 3 is 2.68 bits per heavy atom. The molecular formula is C16H25ClN2. The summed E-state index contributed by atoms with van der Waals surface area (Å²) < 4.78 is 0. The van der Waals surface area contributed by atoms with Gasteiger partial charge in [-0.2, -0.15) is 0 Å². The van der Waals surface area contributed by atoms with Crippen LogP contribution in [0.2, 0.25) is 5.02 Å². The molecule has 0 aromatic heterocycles. The number of benzene rings is 1. The van der Waals surface area contributed by atoms with Crippen molar-refractivity contribution in [3.05, 3.63) is 28.8 Å². The number of rotatable bonds is 6. The zero-order chi connectivity index (χ0) is 13.8. The van der Waals surface area contributed by atoms with Crippen molar-refractivity contribution in [2.75, 3.05) is 18.5 Å². The van der Waals surface area contributed by atoms with Crippen molar-refractivity contribution < 1.29 is 0 Å². The highest BCUT2D eigenvalue weighted by Crippen LogP contribution is 2.31. The van der Waals surface area contributed by atoms with Gasteiger partial charge >= 0.3 is 0 Å². The van der Waals surface area contributed by atoms with Crippen LogP contribution in [-0.4, -0.2) is 19.6 Å². The van der Waals surface area contributed by atoms with Crippen molar-refractivity contribution in [3.8, 4) is 0 Å². The van der Waals surface area contributed by atoms with E-state index in [1.54, 1.807) is 0 Å². The van der Waals surface area contributed by atoms with Gasteiger partial charge in [0.05, 0.1) is 0 Å². The van der Waals surface area contributed by atoms with Crippen LogP contribution in [0.5, 0.6) is 0 Å². The van der Waals surface area contributed by atoms with Gasteiger partial charge in [0.15, 0.2) is 0 Å². The van der Waals surface area contributed by atoms with Gasteiger partial charge in [-0.1, -0.05) is 37.9 Å². The minimum Gasteiger partial charge on any atom is -0.374 e. The van der Waals surface area contributed by atoms with E-state index in [4.69, 9.17) is 11.6 Å². The first-order valence-electron chi connectivity index (χ1n) is 7.30. The van der Waals surface area contributed by atoms with E-state index in [0.29, 0.717) is 6.04 Å². The van der Waals surface area contributed by atoms with Crippen LogP contribution in [0.1, 0.15) is 38.7 Å². The summed E-state index contributed by atoms with van der Waals surface area (Å²) in [7, 11) is 2.18. The lowest BCUT2D eigenvalue weighted by Gasteiger charge is -2.32. The topological polar surface area (TPSA) is 15.3 Å². The predicted molar refractivity (Wildman–Crippen MR) is 84.0 cm³/mol. The first-order chi connectivity index (χ1) is 9.08. The Morgan fingerprint density at radius 1 is 1.37 bits per heavy atom. The summed E-state index contributed by atoms with van der Waals surface area (Å²) in [6.07, 6.45) is 4.16. The lowest BCUT2D eigenvalue weighted by atomic mass is 9.85. The predicted octanol–water partition coefficient (Wildman–Crippen LogP) is 4.07. The molecule has 0 unspecified atom stereocenters. The first kappa shape index (κ1) is 14.7. The molecule has 2 nitrogen and oxygen atoms in total. The van der Waals surface area contributed by atoms with E-state index in [1.807, 2.05) is 12.1 Å². The molecule has 1 N–H and O–H groups in total. The molecule has 0 heterocycles. The van der Waals surface area contributed by atoms with Crippen LogP contribution >= 0.6 is 11.6 Å². The highest BCUT2D eigenvalue weighted by atomic mass is 35.5. The maximum Gasteiger partial charge on any atom is 0.0471 e. The van der Waals surface area contributed by atoms with Crippen LogP contribution in [0, 0.1) is 5.92 Å². The molecule has 0 aliphatic heterocycles. The summed E-state index contributed by atoms with van der Waals surface area (Å²) in [6.45, 7) is 6.31. The zero-order valence-electron chi connectivity index (χ0n) is 12.2. The van der Waals surface area contributed by atoms with Crippen LogP contribution in [0.3, 0.4) is 0 Å². The smallest absolute Gasteiger partial charge is 0.0471 e. The Labute approximate surface area is 122 Å². The summed E-state index contributed by atoms with van der Waals surface area (Å²) in [5.74, 6) is 0.870. The highest BCUT2D eigenvalue weighted by molar-refractivity contribution is 6.31. The van der Waals surface area contributed by atoms with E-state index in [1.165, 1.54) is 30.5 Å². The van der Waals surface area contributed by atoms with Crippen LogP contribution < -0.4 is 10.2 Å². The van der Waals surface area contributed by atoms with Crippen LogP contribution in [0.15, 0.2) is 18.2 Å². The molecule has 1 fully saturated rings. The van der Waals surface area contributed by atoms with E-state index >= 15 is 0 Å². The second kappa shape index (κ2) is 6.62. The zero-order valence-corrected chi connectivity index (χ0v) is 13.0. The van der Waals surface area contributed by atoms with Crippen molar-refractivity contribution >= 4 is 17.3 Å². The molecule has 0 bridgehead atoms. The fourth-order valence-corrected chi connectivity index (χ4v) is 2.78. The van der Waals surface area contributed by atoms with E-state index in [-0.39, 0.29) is 0 Å².